The molecule has 2 aromatic rings. The lowest BCUT2D eigenvalue weighted by atomic mass is 10.1. The summed E-state index contributed by atoms with van der Waals surface area (Å²) in [6.45, 7) is -0.625. The minimum absolute atomic E-state index is 0.0210. The Kier molecular flexibility index (Phi) is 13.8. The number of imidazole rings is 1. The topological polar surface area (TPSA) is 413 Å². The number of rotatable bonds is 4. The van der Waals surface area contributed by atoms with E-state index in [2.05, 4.69) is 19.5 Å². The highest BCUT2D eigenvalue weighted by atomic mass is 31.2. The Morgan fingerprint density at radius 1 is 0.842 bits per heavy atom. The van der Waals surface area contributed by atoms with Crippen LogP contribution >= 0.6 is 31.3 Å². The minimum atomic E-state index is -4.74. The largest absolute Gasteiger partial charge is 0.469 e. The number of hydrogen-bond donors (Lipinski definition) is 14. The molecule has 4 atom stereocenters. The molecule has 1 saturated heterocycles. The predicted molar refractivity (Wildman–Crippen MR) is 115 cm³/mol. The van der Waals surface area contributed by atoms with Crippen LogP contribution in [0.25, 0.3) is 11.2 Å². The lowest BCUT2D eigenvalue weighted by molar-refractivity contribution is -0.0504. The highest BCUT2D eigenvalue weighted by molar-refractivity contribution is 7.46. The normalized spacial score (nSPS) is 21.9. The van der Waals surface area contributed by atoms with E-state index in [1.54, 1.807) is 0 Å². The molecule has 0 radical (unpaired) electrons. The van der Waals surface area contributed by atoms with Crippen molar-refractivity contribution < 1.29 is 91.6 Å². The van der Waals surface area contributed by atoms with Crippen LogP contribution in [0.4, 0.5) is 0 Å². The van der Waals surface area contributed by atoms with E-state index in [1.807, 2.05) is 0 Å². The Labute approximate surface area is 208 Å². The molecule has 38 heavy (non-hydrogen) atoms. The SMILES string of the molecule is O=P(O)(O)O.O=P(O)(O)O.O=P(O)(O)O.O=c1[nH]cnc2c1ncn2[C@@H]1O[C@H](COP(=O)(O)O)[C@@H](O)[C@H]1O. The van der Waals surface area contributed by atoms with Gasteiger partial charge < -0.3 is 73.8 Å². The maximum Gasteiger partial charge on any atom is 0.469 e. The van der Waals surface area contributed by atoms with Crippen molar-refractivity contribution in [2.45, 2.75) is 24.5 Å². The smallest absolute Gasteiger partial charge is 0.387 e. The van der Waals surface area contributed by atoms with Crippen LogP contribution in [0.15, 0.2) is 17.4 Å². The molecule has 1 fully saturated rings. The molecule has 2 aromatic heterocycles. The molecule has 1 aliphatic rings. The number of phosphoric ester groups is 1. The van der Waals surface area contributed by atoms with Gasteiger partial charge in [0.2, 0.25) is 0 Å². The summed E-state index contributed by atoms with van der Waals surface area (Å²) in [6.07, 6.45) is -2.85. The first-order chi connectivity index (χ1) is 16.8. The van der Waals surface area contributed by atoms with Gasteiger partial charge >= 0.3 is 31.3 Å². The molecule has 0 unspecified atom stereocenters. The van der Waals surface area contributed by atoms with Gasteiger partial charge in [-0.05, 0) is 0 Å². The summed E-state index contributed by atoms with van der Waals surface area (Å²) < 4.78 is 48.3. The zero-order chi connectivity index (χ0) is 30.3. The number of aliphatic hydroxyl groups is 2. The number of ether oxygens (including phenoxy) is 1. The van der Waals surface area contributed by atoms with E-state index < -0.39 is 68.0 Å². The first-order valence-electron chi connectivity index (χ1n) is 8.74. The van der Waals surface area contributed by atoms with Crippen molar-refractivity contribution in [2.75, 3.05) is 6.61 Å². The summed E-state index contributed by atoms with van der Waals surface area (Å²) in [5.41, 5.74) is -0.336. The second kappa shape index (κ2) is 14.3. The average molecular weight is 642 g/mol. The lowest BCUT2D eigenvalue weighted by Gasteiger charge is -2.16. The van der Waals surface area contributed by atoms with Gasteiger partial charge in [-0.2, -0.15) is 0 Å². The third-order valence-corrected chi connectivity index (χ3v) is 3.87. The van der Waals surface area contributed by atoms with E-state index in [-0.39, 0.29) is 11.2 Å². The monoisotopic (exact) mass is 642 g/mol. The van der Waals surface area contributed by atoms with Crippen molar-refractivity contribution in [3.8, 4) is 0 Å². The molecule has 1 aliphatic heterocycles. The van der Waals surface area contributed by atoms with Crippen molar-refractivity contribution in [3.63, 3.8) is 0 Å². The number of nitrogens with one attached hydrogen (secondary N) is 1. The zero-order valence-electron chi connectivity index (χ0n) is 18.0. The van der Waals surface area contributed by atoms with Gasteiger partial charge in [-0.1, -0.05) is 0 Å². The molecule has 0 amide bonds. The predicted octanol–water partition coefficient (Wildman–Crippen LogP) is -4.94. The van der Waals surface area contributed by atoms with Gasteiger partial charge in [0.15, 0.2) is 17.4 Å². The van der Waals surface area contributed by atoms with Crippen LogP contribution in [0.1, 0.15) is 6.23 Å². The van der Waals surface area contributed by atoms with Crippen molar-refractivity contribution in [2.24, 2.45) is 0 Å². The molecular weight excluding hydrogens is 620 g/mol. The highest BCUT2D eigenvalue weighted by Crippen LogP contribution is 2.38. The quantitative estimate of drug-likeness (QED) is 0.139. The maximum atomic E-state index is 11.6. The fraction of sp³-hybridized carbons (Fsp3) is 0.500. The number of aromatic amines is 1. The second-order valence-corrected chi connectivity index (χ2v) is 10.7. The first kappa shape index (κ1) is 36.7. The number of aromatic nitrogens is 4. The number of aliphatic hydroxyl groups excluding tert-OH is 2. The molecule has 0 spiro atoms. The van der Waals surface area contributed by atoms with Crippen LogP contribution in [0.5, 0.6) is 0 Å². The molecule has 0 saturated carbocycles. The Hall–Kier alpha value is -1.33. The molecule has 28 heteroatoms. The first-order valence-corrected chi connectivity index (χ1v) is 15.0. The van der Waals surface area contributed by atoms with E-state index in [0.29, 0.717) is 0 Å². The Morgan fingerprint density at radius 2 is 1.29 bits per heavy atom. The van der Waals surface area contributed by atoms with Crippen LogP contribution in [-0.2, 0) is 27.5 Å². The Morgan fingerprint density at radius 3 is 1.71 bits per heavy atom. The fourth-order valence-electron chi connectivity index (χ4n) is 2.32. The molecule has 222 valence electrons. The minimum Gasteiger partial charge on any atom is -0.387 e. The molecular formula is C10H22N4O20P4. The lowest BCUT2D eigenvalue weighted by Crippen LogP contribution is -2.33. The van der Waals surface area contributed by atoms with Crippen molar-refractivity contribution in [1.29, 1.82) is 0 Å². The average Bonchev–Trinajstić information content (AvgIpc) is 3.18. The van der Waals surface area contributed by atoms with Crippen molar-refractivity contribution in [3.05, 3.63) is 23.0 Å². The molecule has 3 rings (SSSR count). The standard InChI is InChI=1S/C10H13N4O8P.3H3O4P/c15-6-4(1-21-23(18,19)20)22-10(7(6)16)14-3-13-5-8(14)11-2-12-9(5)17;3*1-5(2,3)4/h2-4,6-7,10,15-16H,1H2,(H,11,12,17)(H2,18,19,20);3*(H3,1,2,3,4)/t4-,6-,7-,10-;;;/m1.../s1. The van der Waals surface area contributed by atoms with Crippen molar-refractivity contribution in [1.82, 2.24) is 19.5 Å². The highest BCUT2D eigenvalue weighted by Gasteiger charge is 2.45. The van der Waals surface area contributed by atoms with Gasteiger partial charge in [-0.15, -0.1) is 0 Å². The van der Waals surface area contributed by atoms with E-state index >= 15 is 0 Å². The summed E-state index contributed by atoms with van der Waals surface area (Å²) in [5.74, 6) is 0. The summed E-state index contributed by atoms with van der Waals surface area (Å²) in [5, 5.41) is 20.0. The second-order valence-electron chi connectivity index (χ2n) is 6.43. The van der Waals surface area contributed by atoms with Crippen LogP contribution in [0.2, 0.25) is 0 Å². The van der Waals surface area contributed by atoms with Crippen LogP contribution in [0.3, 0.4) is 0 Å². The Balaban J connectivity index is 0.000000751. The summed E-state index contributed by atoms with van der Waals surface area (Å²) in [4.78, 5) is 104. The van der Waals surface area contributed by atoms with Crippen molar-refractivity contribution >= 4 is 42.5 Å². The molecule has 0 aliphatic carbocycles. The van der Waals surface area contributed by atoms with E-state index in [0.717, 1.165) is 6.33 Å². The molecule has 0 bridgehead atoms. The molecule has 3 heterocycles. The van der Waals surface area contributed by atoms with E-state index in [4.69, 9.17) is 72.3 Å². The maximum absolute atomic E-state index is 11.6. The Bertz CT molecular complexity index is 1200. The van der Waals surface area contributed by atoms with E-state index in [9.17, 15) is 19.6 Å². The fourth-order valence-corrected chi connectivity index (χ4v) is 2.66. The summed E-state index contributed by atoms with van der Waals surface area (Å²) in [7, 11) is -18.7. The zero-order valence-corrected chi connectivity index (χ0v) is 21.6. The van der Waals surface area contributed by atoms with Crippen LogP contribution < -0.4 is 5.56 Å². The number of nitrogens with zero attached hydrogens (tertiary/aromatic N) is 3. The van der Waals surface area contributed by atoms with Gasteiger partial charge in [-0.3, -0.25) is 13.9 Å². The summed E-state index contributed by atoms with van der Waals surface area (Å²) >= 11 is 0. The third kappa shape index (κ3) is 17.3. The third-order valence-electron chi connectivity index (χ3n) is 3.38. The molecule has 0 aromatic carbocycles. The number of phosphoric acid groups is 4. The molecule has 14 N–H and O–H groups in total. The van der Waals surface area contributed by atoms with Gasteiger partial charge in [0.25, 0.3) is 5.56 Å². The number of H-pyrrole nitrogens is 1. The van der Waals surface area contributed by atoms with Crippen LogP contribution in [0, 0.1) is 0 Å². The van der Waals surface area contributed by atoms with Gasteiger partial charge in [0.1, 0.15) is 18.3 Å². The van der Waals surface area contributed by atoms with Gasteiger partial charge in [-0.25, -0.2) is 28.2 Å². The van der Waals surface area contributed by atoms with Crippen LogP contribution in [-0.4, -0.2) is 108 Å². The van der Waals surface area contributed by atoms with E-state index in [1.165, 1.54) is 10.9 Å². The number of fused-ring (bicyclic) bond motifs is 1. The molecule has 24 nitrogen and oxygen atoms in total. The van der Waals surface area contributed by atoms with Gasteiger partial charge in [0, 0.05) is 0 Å². The van der Waals surface area contributed by atoms with Gasteiger partial charge in [0.05, 0.1) is 19.3 Å². The number of hydrogen-bond acceptors (Lipinski definition) is 11. The summed E-state index contributed by atoms with van der Waals surface area (Å²) in [6, 6.07) is 0.